The maximum Gasteiger partial charge on any atom is 0.410 e. The van der Waals surface area contributed by atoms with Crippen molar-refractivity contribution in [1.29, 1.82) is 0 Å². The first-order chi connectivity index (χ1) is 19.5. The maximum absolute atomic E-state index is 13.4. The van der Waals surface area contributed by atoms with Crippen molar-refractivity contribution in [2.75, 3.05) is 13.2 Å². The number of esters is 2. The van der Waals surface area contributed by atoms with Crippen molar-refractivity contribution in [3.63, 3.8) is 0 Å². The Balaban J connectivity index is 1.20. The molecule has 2 amide bonds. The third kappa shape index (κ3) is 5.16. The Kier molecular flexibility index (Phi) is 7.78. The van der Waals surface area contributed by atoms with Gasteiger partial charge in [-0.05, 0) is 37.8 Å². The molecule has 0 spiro atoms. The summed E-state index contributed by atoms with van der Waals surface area (Å²) < 4.78 is 41.4. The Bertz CT molecular complexity index is 1430. The molecular formula is C29H32N2O9S. The third-order valence-corrected chi connectivity index (χ3v) is 10.9. The molecule has 3 fully saturated rings. The second-order valence-electron chi connectivity index (χ2n) is 10.9. The quantitative estimate of drug-likeness (QED) is 0.260. The van der Waals surface area contributed by atoms with Crippen LogP contribution in [0.2, 0.25) is 0 Å². The average molecular weight is 585 g/mol. The summed E-state index contributed by atoms with van der Waals surface area (Å²) in [7, 11) is -4.02. The van der Waals surface area contributed by atoms with Crippen molar-refractivity contribution >= 4 is 33.8 Å². The van der Waals surface area contributed by atoms with Crippen molar-refractivity contribution in [2.24, 2.45) is 5.92 Å². The fraction of sp³-hybridized carbons (Fsp3) is 0.448. The van der Waals surface area contributed by atoms with E-state index in [-0.39, 0.29) is 13.2 Å². The topological polar surface area (TPSA) is 137 Å². The predicted octanol–water partition coefficient (Wildman–Crippen LogP) is 2.43. The van der Waals surface area contributed by atoms with E-state index in [0.717, 1.165) is 16.0 Å². The highest BCUT2D eigenvalue weighted by atomic mass is 32.2. The monoisotopic (exact) mass is 584 g/mol. The summed E-state index contributed by atoms with van der Waals surface area (Å²) in [4.78, 5) is 54.1. The first-order valence-electron chi connectivity index (χ1n) is 13.4. The van der Waals surface area contributed by atoms with Gasteiger partial charge in [0.05, 0.1) is 4.75 Å². The highest BCUT2D eigenvalue weighted by Crippen LogP contribution is 2.49. The van der Waals surface area contributed by atoms with Gasteiger partial charge >= 0.3 is 18.0 Å². The fourth-order valence-corrected chi connectivity index (χ4v) is 7.95. The van der Waals surface area contributed by atoms with Gasteiger partial charge in [0.15, 0.2) is 15.2 Å². The lowest BCUT2D eigenvalue weighted by molar-refractivity contribution is -0.172. The van der Waals surface area contributed by atoms with E-state index < -0.39 is 68.5 Å². The van der Waals surface area contributed by atoms with Gasteiger partial charge in [0.2, 0.25) is 5.91 Å². The molecule has 4 atom stereocenters. The highest BCUT2D eigenvalue weighted by Gasteiger charge is 2.72. The number of amides is 2. The second kappa shape index (κ2) is 11.2. The van der Waals surface area contributed by atoms with Gasteiger partial charge in [-0.15, -0.1) is 0 Å². The number of nitrogens with zero attached hydrogens (tertiary/aromatic N) is 2. The summed E-state index contributed by atoms with van der Waals surface area (Å²) in [6.07, 6.45) is 0.263. The molecule has 0 unspecified atom stereocenters. The molecule has 0 N–H and O–H groups in total. The van der Waals surface area contributed by atoms with Gasteiger partial charge in [0.25, 0.3) is 0 Å². The van der Waals surface area contributed by atoms with E-state index in [0.29, 0.717) is 19.4 Å². The number of carbonyl (C=O) groups is 4. The Morgan fingerprint density at radius 2 is 1.46 bits per heavy atom. The van der Waals surface area contributed by atoms with Crippen LogP contribution >= 0.6 is 0 Å². The molecule has 3 heterocycles. The lowest BCUT2D eigenvalue weighted by atomic mass is 9.92. The molecule has 3 saturated heterocycles. The number of hydrogen-bond donors (Lipinski definition) is 0. The zero-order valence-corrected chi connectivity index (χ0v) is 23.6. The molecule has 3 aliphatic heterocycles. The van der Waals surface area contributed by atoms with Gasteiger partial charge in [0.1, 0.15) is 37.8 Å². The van der Waals surface area contributed by atoms with Crippen LogP contribution in [0.15, 0.2) is 60.7 Å². The van der Waals surface area contributed by atoms with E-state index in [4.69, 9.17) is 14.2 Å². The van der Waals surface area contributed by atoms with Gasteiger partial charge in [-0.1, -0.05) is 60.7 Å². The van der Waals surface area contributed by atoms with Crippen molar-refractivity contribution in [1.82, 2.24) is 9.80 Å². The van der Waals surface area contributed by atoms with Crippen molar-refractivity contribution in [2.45, 2.75) is 62.1 Å². The SMILES string of the molecule is CC1(C)[C@H](C(=O)OCc2ccccc2)N2C(=O)[C@@H](COC(=O)[C@@H]3CCCN3C(=O)OCc3ccccc3)[C@H]2S1(=O)=O. The molecule has 0 aliphatic carbocycles. The molecule has 0 bridgehead atoms. The van der Waals surface area contributed by atoms with E-state index in [1.165, 1.54) is 18.7 Å². The summed E-state index contributed by atoms with van der Waals surface area (Å²) >= 11 is 0. The van der Waals surface area contributed by atoms with Crippen LogP contribution in [-0.2, 0) is 51.6 Å². The van der Waals surface area contributed by atoms with Gasteiger partial charge < -0.3 is 19.1 Å². The van der Waals surface area contributed by atoms with Crippen LogP contribution in [0, 0.1) is 5.92 Å². The maximum atomic E-state index is 13.4. The first kappa shape index (κ1) is 28.6. The molecule has 2 aromatic carbocycles. The number of fused-ring (bicyclic) bond motifs is 1. The van der Waals surface area contributed by atoms with Crippen LogP contribution in [0.1, 0.15) is 37.8 Å². The normalized spacial score (nSPS) is 25.7. The van der Waals surface area contributed by atoms with E-state index in [9.17, 15) is 27.6 Å². The minimum Gasteiger partial charge on any atom is -0.463 e. The summed E-state index contributed by atoms with van der Waals surface area (Å²) in [5, 5.41) is -1.32. The van der Waals surface area contributed by atoms with Crippen molar-refractivity contribution in [3.8, 4) is 0 Å². The molecule has 12 heteroatoms. The van der Waals surface area contributed by atoms with E-state index in [1.807, 2.05) is 36.4 Å². The van der Waals surface area contributed by atoms with Crippen LogP contribution in [0.3, 0.4) is 0 Å². The number of carbonyl (C=O) groups excluding carboxylic acids is 4. The standard InChI is InChI=1S/C29H32N2O9S/c1-29(2)23(27(34)38-16-19-10-5-3-6-11-19)31-24(32)21(25(31)41(29,36)37)18-39-26(33)22-14-9-15-30(22)28(35)40-17-20-12-7-4-8-13-20/h3-8,10-13,21-23,25H,9,14-18H2,1-2H3/t21-,22+,23+,25-/m1/s1. The number of ether oxygens (including phenoxy) is 3. The van der Waals surface area contributed by atoms with Crippen LogP contribution in [0.25, 0.3) is 0 Å². The van der Waals surface area contributed by atoms with Gasteiger partial charge in [-0.3, -0.25) is 9.69 Å². The number of sulfone groups is 1. The minimum absolute atomic E-state index is 0.0502. The summed E-state index contributed by atoms with van der Waals surface area (Å²) in [6.45, 7) is 2.59. The molecule has 218 valence electrons. The number of likely N-dealkylation sites (tertiary alicyclic amines) is 1. The zero-order valence-electron chi connectivity index (χ0n) is 22.8. The molecular weight excluding hydrogens is 552 g/mol. The van der Waals surface area contributed by atoms with Crippen LogP contribution < -0.4 is 0 Å². The first-order valence-corrected chi connectivity index (χ1v) is 15.0. The minimum atomic E-state index is -4.02. The smallest absolute Gasteiger partial charge is 0.410 e. The van der Waals surface area contributed by atoms with Crippen LogP contribution in [0.5, 0.6) is 0 Å². The second-order valence-corrected chi connectivity index (χ2v) is 13.5. The number of rotatable bonds is 8. The lowest BCUT2D eigenvalue weighted by Crippen LogP contribution is -2.65. The van der Waals surface area contributed by atoms with E-state index in [1.54, 1.807) is 24.3 Å². The average Bonchev–Trinajstić information content (AvgIpc) is 3.51. The molecule has 2 aromatic rings. The van der Waals surface area contributed by atoms with Crippen molar-refractivity contribution in [3.05, 3.63) is 71.8 Å². The van der Waals surface area contributed by atoms with Gasteiger partial charge in [0, 0.05) is 6.54 Å². The number of benzene rings is 2. The van der Waals surface area contributed by atoms with E-state index in [2.05, 4.69) is 0 Å². The third-order valence-electron chi connectivity index (χ3n) is 7.99. The fourth-order valence-electron chi connectivity index (χ4n) is 5.65. The number of β-lactam (4-membered cyclic amide) rings is 1. The Morgan fingerprint density at radius 3 is 2.07 bits per heavy atom. The van der Waals surface area contributed by atoms with Crippen LogP contribution in [0.4, 0.5) is 4.79 Å². The largest absolute Gasteiger partial charge is 0.463 e. The van der Waals surface area contributed by atoms with Crippen LogP contribution in [-0.4, -0.2) is 77.5 Å². The zero-order chi connectivity index (χ0) is 29.4. The van der Waals surface area contributed by atoms with Gasteiger partial charge in [-0.25, -0.2) is 22.8 Å². The highest BCUT2D eigenvalue weighted by molar-refractivity contribution is 7.93. The molecule has 0 radical (unpaired) electrons. The molecule has 0 saturated carbocycles. The lowest BCUT2D eigenvalue weighted by Gasteiger charge is -2.42. The number of hydrogen-bond acceptors (Lipinski definition) is 9. The van der Waals surface area contributed by atoms with Gasteiger partial charge in [-0.2, -0.15) is 0 Å². The summed E-state index contributed by atoms with van der Waals surface area (Å²) in [5.41, 5.74) is 1.52. The molecule has 0 aromatic heterocycles. The molecule has 11 nitrogen and oxygen atoms in total. The molecule has 41 heavy (non-hydrogen) atoms. The summed E-state index contributed by atoms with van der Waals surface area (Å²) in [6, 6.07) is 15.8. The van der Waals surface area contributed by atoms with E-state index >= 15 is 0 Å². The Labute approximate surface area is 238 Å². The predicted molar refractivity (Wildman–Crippen MR) is 144 cm³/mol. The summed E-state index contributed by atoms with van der Waals surface area (Å²) in [5.74, 6) is -3.32. The Morgan fingerprint density at radius 1 is 0.878 bits per heavy atom. The van der Waals surface area contributed by atoms with Crippen molar-refractivity contribution < 1.29 is 41.8 Å². The Hall–Kier alpha value is -3.93. The molecule has 5 rings (SSSR count). The molecule has 3 aliphatic rings.